The number of aliphatic hydroxyl groups excluding tert-OH is 1. The summed E-state index contributed by atoms with van der Waals surface area (Å²) in [6.45, 7) is 15.2. The number of pyridine rings is 1. The molecule has 0 fully saturated rings. The number of carbonyl (C=O) groups excluding carboxylic acids is 1. The number of fused-ring (bicyclic) bond motifs is 4. The van der Waals surface area contributed by atoms with Crippen molar-refractivity contribution >= 4 is 51.4 Å². The summed E-state index contributed by atoms with van der Waals surface area (Å²) in [6, 6.07) is 37.8. The summed E-state index contributed by atoms with van der Waals surface area (Å²) in [6.07, 6.45) is 6.77. The number of nitriles is 1. The molecule has 0 saturated heterocycles. The van der Waals surface area contributed by atoms with Gasteiger partial charge >= 0.3 is 0 Å². The Morgan fingerprint density at radius 1 is 0.788 bits per heavy atom. The van der Waals surface area contributed by atoms with Gasteiger partial charge in [-0.25, -0.2) is 0 Å². The molecule has 0 spiro atoms. The van der Waals surface area contributed by atoms with Gasteiger partial charge in [-0.15, -0.1) is 23.6 Å². The summed E-state index contributed by atoms with van der Waals surface area (Å²) in [5.41, 5.74) is 4.80. The first kappa shape index (κ1) is 40.4. The summed E-state index contributed by atoms with van der Waals surface area (Å²) in [5, 5.41) is 27.5. The van der Waals surface area contributed by atoms with Crippen LogP contribution in [0.15, 0.2) is 109 Å². The first-order valence-electron chi connectivity index (χ1n) is 18.3. The Bertz CT molecular complexity index is 2240. The maximum atomic E-state index is 11.7. The summed E-state index contributed by atoms with van der Waals surface area (Å²) in [7, 11) is -1.34. The number of rotatable bonds is 10. The number of allylic oxidation sites excluding steroid dienone is 2. The van der Waals surface area contributed by atoms with E-state index in [-0.39, 0.29) is 43.5 Å². The van der Waals surface area contributed by atoms with Crippen molar-refractivity contribution in [1.82, 2.24) is 4.98 Å². The molecule has 0 bridgehead atoms. The van der Waals surface area contributed by atoms with Gasteiger partial charge in [-0.3, -0.25) is 9.78 Å². The molecule has 1 N–H and O–H groups in total. The Kier molecular flexibility index (Phi) is 13.9. The molecule has 0 aliphatic rings. The largest absolute Gasteiger partial charge is 0.512 e. The van der Waals surface area contributed by atoms with E-state index in [1.165, 1.54) is 33.2 Å². The molecule has 5 aromatic carbocycles. The first-order valence-corrected chi connectivity index (χ1v) is 21.8. The van der Waals surface area contributed by atoms with E-state index >= 15 is 0 Å². The van der Waals surface area contributed by atoms with Crippen molar-refractivity contribution in [3.05, 3.63) is 121 Å². The number of benzene rings is 5. The maximum Gasteiger partial charge on any atom is 0.162 e. The number of aliphatic hydroxyl groups is 1. The molecule has 0 aliphatic carbocycles. The molecule has 0 aliphatic heterocycles. The Labute approximate surface area is 324 Å². The molecule has 6 rings (SSSR count). The third kappa shape index (κ3) is 8.79. The van der Waals surface area contributed by atoms with E-state index in [0.717, 1.165) is 58.5 Å². The summed E-state index contributed by atoms with van der Waals surface area (Å²) in [5.74, 6) is 0.547. The standard InChI is InChI=1S/C33H25N2Si.C13H24O2.Ir/c1-36(2,3)26-13-11-22(12-14-26)28-9-6-10-29-30(28)15-16-32-31(29)17-18-35-33(32)24-19-23-7-4-5-8-27(23)25(20-24)21-34;1-5-10(6-2)12(14)9-13(15)11(7-3)8-4;/h4-18,20H,1-3H3;9-11,14H,5-8H2,1-4H3;/q-1;;/b;12-9-;. The Balaban J connectivity index is 0.000000323. The van der Waals surface area contributed by atoms with Gasteiger partial charge in [0.2, 0.25) is 0 Å². The van der Waals surface area contributed by atoms with Crippen molar-refractivity contribution in [2.45, 2.75) is 73.0 Å². The Morgan fingerprint density at radius 2 is 1.40 bits per heavy atom. The molecule has 0 amide bonds. The number of nitrogens with zero attached hydrogens (tertiary/aromatic N) is 2. The molecule has 6 aromatic rings. The van der Waals surface area contributed by atoms with E-state index in [2.05, 4.69) is 92.4 Å². The van der Waals surface area contributed by atoms with Crippen molar-refractivity contribution in [3.63, 3.8) is 0 Å². The van der Waals surface area contributed by atoms with Crippen LogP contribution in [0, 0.1) is 29.2 Å². The molecule has 1 aromatic heterocycles. The van der Waals surface area contributed by atoms with Gasteiger partial charge in [-0.1, -0.05) is 136 Å². The van der Waals surface area contributed by atoms with Crippen LogP contribution in [0.25, 0.3) is 54.7 Å². The van der Waals surface area contributed by atoms with Crippen molar-refractivity contribution in [2.75, 3.05) is 0 Å². The molecule has 52 heavy (non-hydrogen) atoms. The van der Waals surface area contributed by atoms with Crippen LogP contribution in [0.3, 0.4) is 0 Å². The smallest absolute Gasteiger partial charge is 0.162 e. The zero-order chi connectivity index (χ0) is 36.7. The molecule has 1 heterocycles. The Hall–Kier alpha value is -4.40. The second kappa shape index (κ2) is 17.9. The van der Waals surface area contributed by atoms with Crippen molar-refractivity contribution < 1.29 is 30.0 Å². The predicted octanol–water partition coefficient (Wildman–Crippen LogP) is 12.0. The number of ketones is 1. The molecule has 1 radical (unpaired) electrons. The average molecular weight is 882 g/mol. The SMILES string of the molecule is CCC(CC)C(=O)/C=C(\O)C(CC)CC.C[Si](C)(C)c1ccc(-c2cccc3c2ccc2c(-c4[c-]c5ccccc5c(C#N)c4)nccc23)cc1.[Ir]. The minimum Gasteiger partial charge on any atom is -0.512 e. The third-order valence-corrected chi connectivity index (χ3v) is 12.2. The second-order valence-corrected chi connectivity index (χ2v) is 19.4. The fourth-order valence-corrected chi connectivity index (χ4v) is 8.04. The maximum absolute atomic E-state index is 11.7. The minimum absolute atomic E-state index is 0. The summed E-state index contributed by atoms with van der Waals surface area (Å²) < 4.78 is 0. The fourth-order valence-electron chi connectivity index (χ4n) is 6.87. The van der Waals surface area contributed by atoms with E-state index in [9.17, 15) is 15.2 Å². The molecule has 0 unspecified atom stereocenters. The van der Waals surface area contributed by atoms with Gasteiger partial charge in [0.25, 0.3) is 0 Å². The molecular weight excluding hydrogens is 833 g/mol. The van der Waals surface area contributed by atoms with Crippen LogP contribution < -0.4 is 5.19 Å². The van der Waals surface area contributed by atoms with E-state index in [1.807, 2.05) is 64.2 Å². The molecule has 269 valence electrons. The van der Waals surface area contributed by atoms with Crippen molar-refractivity contribution in [2.24, 2.45) is 11.8 Å². The van der Waals surface area contributed by atoms with Crippen LogP contribution in [0.1, 0.15) is 58.9 Å². The van der Waals surface area contributed by atoms with Crippen LogP contribution in [0.2, 0.25) is 19.6 Å². The fraction of sp³-hybridized carbons (Fsp3) is 0.283. The van der Waals surface area contributed by atoms with Crippen LogP contribution in [0.4, 0.5) is 0 Å². The van der Waals surface area contributed by atoms with E-state index in [1.54, 1.807) is 0 Å². The third-order valence-electron chi connectivity index (χ3n) is 10.1. The van der Waals surface area contributed by atoms with E-state index in [4.69, 9.17) is 4.98 Å². The molecular formula is C46H49IrN2O2Si-. The topological polar surface area (TPSA) is 74.0 Å². The van der Waals surface area contributed by atoms with Gasteiger partial charge in [0, 0.05) is 49.9 Å². The summed E-state index contributed by atoms with van der Waals surface area (Å²) >= 11 is 0. The second-order valence-electron chi connectivity index (χ2n) is 14.3. The van der Waals surface area contributed by atoms with Gasteiger partial charge in [0.1, 0.15) is 0 Å². The quantitative estimate of drug-likeness (QED) is 0.0489. The van der Waals surface area contributed by atoms with Crippen molar-refractivity contribution in [3.8, 4) is 28.5 Å². The van der Waals surface area contributed by atoms with E-state index in [0.29, 0.717) is 5.56 Å². The molecule has 6 heteroatoms. The number of hydrogen-bond acceptors (Lipinski definition) is 4. The van der Waals surface area contributed by atoms with Gasteiger partial charge < -0.3 is 5.11 Å². The average Bonchev–Trinajstić information content (AvgIpc) is 3.14. The van der Waals surface area contributed by atoms with Crippen LogP contribution in [-0.2, 0) is 24.9 Å². The summed E-state index contributed by atoms with van der Waals surface area (Å²) in [4.78, 5) is 16.5. The zero-order valence-electron chi connectivity index (χ0n) is 31.4. The number of carbonyl (C=O) groups is 1. The zero-order valence-corrected chi connectivity index (χ0v) is 34.8. The van der Waals surface area contributed by atoms with Gasteiger partial charge in [-0.05, 0) is 70.0 Å². The minimum atomic E-state index is -1.34. The Morgan fingerprint density at radius 3 is 2.04 bits per heavy atom. The number of hydrogen-bond donors (Lipinski definition) is 1. The van der Waals surface area contributed by atoms with Gasteiger partial charge in [0.05, 0.1) is 19.9 Å². The number of aromatic nitrogens is 1. The molecule has 4 nitrogen and oxygen atoms in total. The monoisotopic (exact) mass is 882 g/mol. The van der Waals surface area contributed by atoms with Crippen LogP contribution in [0.5, 0.6) is 0 Å². The van der Waals surface area contributed by atoms with E-state index < -0.39 is 8.07 Å². The first-order chi connectivity index (χ1) is 24.5. The van der Waals surface area contributed by atoms with Gasteiger partial charge in [-0.2, -0.15) is 5.26 Å². The van der Waals surface area contributed by atoms with Crippen LogP contribution >= 0.6 is 0 Å². The van der Waals surface area contributed by atoms with Gasteiger partial charge in [0.15, 0.2) is 5.78 Å². The predicted molar refractivity (Wildman–Crippen MR) is 218 cm³/mol. The normalized spacial score (nSPS) is 11.7. The van der Waals surface area contributed by atoms with Crippen LogP contribution in [-0.4, -0.2) is 23.9 Å². The molecule has 0 saturated carbocycles. The van der Waals surface area contributed by atoms with Crippen molar-refractivity contribution in [1.29, 1.82) is 5.26 Å². The molecule has 0 atom stereocenters.